The predicted octanol–water partition coefficient (Wildman–Crippen LogP) is 4.31. The van der Waals surface area contributed by atoms with Crippen LogP contribution in [0.1, 0.15) is 47.9 Å². The molecule has 2 aromatic carbocycles. The number of nitrogens with one attached hydrogen (secondary N) is 2. The van der Waals surface area contributed by atoms with E-state index in [1.54, 1.807) is 0 Å². The molecule has 0 spiro atoms. The second-order valence-electron chi connectivity index (χ2n) is 8.40. The molecule has 5 rings (SSSR count). The molecular weight excluding hydrogens is 330 g/mol. The monoisotopic (exact) mass is 359 g/mol. The summed E-state index contributed by atoms with van der Waals surface area (Å²) in [5.74, 6) is 1.69. The van der Waals surface area contributed by atoms with E-state index in [9.17, 15) is 0 Å². The smallest absolute Gasteiger partial charge is 0.0459 e. The summed E-state index contributed by atoms with van der Waals surface area (Å²) in [5, 5.41) is 5.04. The van der Waals surface area contributed by atoms with Crippen molar-refractivity contribution in [2.24, 2.45) is 11.7 Å². The van der Waals surface area contributed by atoms with Gasteiger partial charge >= 0.3 is 0 Å². The second-order valence-corrected chi connectivity index (χ2v) is 8.40. The largest absolute Gasteiger partial charge is 0.358 e. The SMILES string of the molecule is N[C@@H]1[C@@H](c2ccccc2)Cc2[nH]c3ccccc3c2[C@H]1CCNCC1CC1. The minimum atomic E-state index is 0.154. The lowest BCUT2D eigenvalue weighted by molar-refractivity contribution is 0.391. The zero-order valence-corrected chi connectivity index (χ0v) is 15.8. The van der Waals surface area contributed by atoms with Gasteiger partial charge in [-0.25, -0.2) is 0 Å². The van der Waals surface area contributed by atoms with Gasteiger partial charge in [0.2, 0.25) is 0 Å². The van der Waals surface area contributed by atoms with Gasteiger partial charge in [-0.15, -0.1) is 0 Å². The van der Waals surface area contributed by atoms with Gasteiger partial charge in [0.05, 0.1) is 0 Å². The fraction of sp³-hybridized carbons (Fsp3) is 0.417. The number of rotatable bonds is 6. The molecular formula is C24H29N3. The zero-order chi connectivity index (χ0) is 18.2. The van der Waals surface area contributed by atoms with E-state index in [0.717, 1.165) is 25.3 Å². The maximum absolute atomic E-state index is 6.93. The van der Waals surface area contributed by atoms with Crippen LogP contribution in [0.4, 0.5) is 0 Å². The third kappa shape index (κ3) is 3.30. The molecule has 3 aromatic rings. The molecule has 140 valence electrons. The summed E-state index contributed by atoms with van der Waals surface area (Å²) >= 11 is 0. The lowest BCUT2D eigenvalue weighted by Gasteiger charge is -2.37. The van der Waals surface area contributed by atoms with Gasteiger partial charge in [-0.05, 0) is 61.9 Å². The Hall–Kier alpha value is -2.10. The van der Waals surface area contributed by atoms with Gasteiger partial charge in [0.15, 0.2) is 0 Å². The maximum atomic E-state index is 6.93. The standard InChI is InChI=1S/C24H29N3/c25-24-19(12-13-26-15-16-10-11-16)23-18-8-4-5-9-21(18)27-22(23)14-20(24)17-6-2-1-3-7-17/h1-9,16,19-20,24,26-27H,10-15,25H2/t19-,20-,24+/m1/s1. The third-order valence-electron chi connectivity index (χ3n) is 6.54. The first-order valence-electron chi connectivity index (χ1n) is 10.4. The van der Waals surface area contributed by atoms with Gasteiger partial charge in [-0.1, -0.05) is 48.5 Å². The Balaban J connectivity index is 1.47. The molecule has 0 saturated heterocycles. The van der Waals surface area contributed by atoms with Gasteiger partial charge < -0.3 is 16.0 Å². The van der Waals surface area contributed by atoms with Crippen LogP contribution in [0.2, 0.25) is 0 Å². The minimum Gasteiger partial charge on any atom is -0.358 e. The van der Waals surface area contributed by atoms with E-state index in [1.807, 2.05) is 0 Å². The minimum absolute atomic E-state index is 0.154. The summed E-state index contributed by atoms with van der Waals surface area (Å²) in [6, 6.07) is 19.7. The van der Waals surface area contributed by atoms with Crippen molar-refractivity contribution in [3.8, 4) is 0 Å². The number of benzene rings is 2. The lowest BCUT2D eigenvalue weighted by atomic mass is 9.71. The van der Waals surface area contributed by atoms with Gasteiger partial charge in [0.25, 0.3) is 0 Å². The van der Waals surface area contributed by atoms with Crippen molar-refractivity contribution in [1.29, 1.82) is 0 Å². The molecule has 0 unspecified atom stereocenters. The number of para-hydroxylation sites is 1. The van der Waals surface area contributed by atoms with Crippen molar-refractivity contribution >= 4 is 10.9 Å². The molecule has 3 atom stereocenters. The van der Waals surface area contributed by atoms with Crippen LogP contribution in [-0.2, 0) is 6.42 Å². The average Bonchev–Trinajstić information content (AvgIpc) is 3.46. The summed E-state index contributed by atoms with van der Waals surface area (Å²) in [4.78, 5) is 3.71. The van der Waals surface area contributed by atoms with Crippen molar-refractivity contribution < 1.29 is 0 Å². The Morgan fingerprint density at radius 2 is 1.78 bits per heavy atom. The zero-order valence-electron chi connectivity index (χ0n) is 15.8. The quantitative estimate of drug-likeness (QED) is 0.575. The van der Waals surface area contributed by atoms with Crippen molar-refractivity contribution in [1.82, 2.24) is 10.3 Å². The molecule has 1 heterocycles. The van der Waals surface area contributed by atoms with Gasteiger partial charge in [0.1, 0.15) is 0 Å². The number of fused-ring (bicyclic) bond motifs is 3. The molecule has 0 radical (unpaired) electrons. The summed E-state index contributed by atoms with van der Waals surface area (Å²) < 4.78 is 0. The molecule has 0 aliphatic heterocycles. The van der Waals surface area contributed by atoms with Gasteiger partial charge in [-0.3, -0.25) is 0 Å². The highest BCUT2D eigenvalue weighted by Crippen LogP contribution is 2.43. The Morgan fingerprint density at radius 1 is 1.00 bits per heavy atom. The highest BCUT2D eigenvalue weighted by molar-refractivity contribution is 5.85. The number of nitrogens with two attached hydrogens (primary N) is 1. The summed E-state index contributed by atoms with van der Waals surface area (Å²) in [6.07, 6.45) is 4.91. The number of hydrogen-bond donors (Lipinski definition) is 3. The molecule has 2 aliphatic rings. The van der Waals surface area contributed by atoms with E-state index in [-0.39, 0.29) is 6.04 Å². The number of H-pyrrole nitrogens is 1. The molecule has 27 heavy (non-hydrogen) atoms. The Bertz CT molecular complexity index is 910. The van der Waals surface area contributed by atoms with Crippen molar-refractivity contribution in [3.05, 3.63) is 71.4 Å². The van der Waals surface area contributed by atoms with E-state index in [1.165, 1.54) is 47.1 Å². The van der Waals surface area contributed by atoms with Crippen LogP contribution in [-0.4, -0.2) is 24.1 Å². The van der Waals surface area contributed by atoms with Crippen molar-refractivity contribution in [2.75, 3.05) is 13.1 Å². The van der Waals surface area contributed by atoms with E-state index in [4.69, 9.17) is 5.73 Å². The third-order valence-corrected chi connectivity index (χ3v) is 6.54. The molecule has 0 bridgehead atoms. The molecule has 4 N–H and O–H groups in total. The molecule has 3 heteroatoms. The van der Waals surface area contributed by atoms with Crippen LogP contribution >= 0.6 is 0 Å². The van der Waals surface area contributed by atoms with E-state index < -0.39 is 0 Å². The van der Waals surface area contributed by atoms with Crippen LogP contribution in [0, 0.1) is 5.92 Å². The van der Waals surface area contributed by atoms with Crippen LogP contribution < -0.4 is 11.1 Å². The molecule has 1 aromatic heterocycles. The summed E-state index contributed by atoms with van der Waals surface area (Å²) in [5.41, 5.74) is 12.4. The Morgan fingerprint density at radius 3 is 2.59 bits per heavy atom. The van der Waals surface area contributed by atoms with Crippen LogP contribution in [0.15, 0.2) is 54.6 Å². The normalized spacial score (nSPS) is 24.9. The molecule has 1 fully saturated rings. The summed E-state index contributed by atoms with van der Waals surface area (Å²) in [6.45, 7) is 2.22. The first kappa shape index (κ1) is 17.0. The molecule has 0 amide bonds. The highest BCUT2D eigenvalue weighted by atomic mass is 14.9. The van der Waals surface area contributed by atoms with Crippen LogP contribution in [0.5, 0.6) is 0 Å². The summed E-state index contributed by atoms with van der Waals surface area (Å²) in [7, 11) is 0. The fourth-order valence-electron chi connectivity index (χ4n) is 4.90. The van der Waals surface area contributed by atoms with E-state index in [2.05, 4.69) is 64.9 Å². The first-order valence-corrected chi connectivity index (χ1v) is 10.4. The van der Waals surface area contributed by atoms with E-state index >= 15 is 0 Å². The number of aromatic nitrogens is 1. The van der Waals surface area contributed by atoms with Gasteiger partial charge in [-0.2, -0.15) is 0 Å². The first-order chi connectivity index (χ1) is 13.3. The van der Waals surface area contributed by atoms with Crippen LogP contribution in [0.25, 0.3) is 10.9 Å². The van der Waals surface area contributed by atoms with Crippen LogP contribution in [0.3, 0.4) is 0 Å². The molecule has 1 saturated carbocycles. The topological polar surface area (TPSA) is 53.8 Å². The fourth-order valence-corrected chi connectivity index (χ4v) is 4.90. The number of hydrogen-bond acceptors (Lipinski definition) is 2. The number of aromatic amines is 1. The van der Waals surface area contributed by atoms with E-state index in [0.29, 0.717) is 11.8 Å². The Kier molecular flexibility index (Phi) is 4.50. The van der Waals surface area contributed by atoms with Crippen molar-refractivity contribution in [2.45, 2.75) is 43.6 Å². The highest BCUT2D eigenvalue weighted by Gasteiger charge is 2.37. The Labute approximate surface area is 161 Å². The predicted molar refractivity (Wildman–Crippen MR) is 112 cm³/mol. The lowest BCUT2D eigenvalue weighted by Crippen LogP contribution is -2.41. The van der Waals surface area contributed by atoms with Gasteiger partial charge in [0, 0.05) is 34.5 Å². The maximum Gasteiger partial charge on any atom is 0.0459 e. The molecule has 3 nitrogen and oxygen atoms in total. The molecule has 2 aliphatic carbocycles. The average molecular weight is 360 g/mol. The second kappa shape index (κ2) is 7.14. The van der Waals surface area contributed by atoms with Crippen molar-refractivity contribution in [3.63, 3.8) is 0 Å².